The molecule has 1 fully saturated rings. The Kier molecular flexibility index (Phi) is 8.35. The van der Waals surface area contributed by atoms with E-state index in [4.69, 9.17) is 25.8 Å². The highest BCUT2D eigenvalue weighted by molar-refractivity contribution is 7.13. The zero-order valence-electron chi connectivity index (χ0n) is 18.7. The molecule has 4 rings (SSSR count). The number of anilines is 1. The molecule has 1 N–H and O–H groups in total. The summed E-state index contributed by atoms with van der Waals surface area (Å²) in [6.07, 6.45) is 1.72. The number of hydrogen-bond acceptors (Lipinski definition) is 8. The summed E-state index contributed by atoms with van der Waals surface area (Å²) in [4.78, 5) is 19.0. The van der Waals surface area contributed by atoms with E-state index in [1.807, 2.05) is 35.7 Å². The third-order valence-corrected chi connectivity index (χ3v) is 6.26. The lowest BCUT2D eigenvalue weighted by molar-refractivity contribution is -0.120. The molecule has 1 saturated heterocycles. The maximum atomic E-state index is 12.3. The zero-order valence-corrected chi connectivity index (χ0v) is 20.3. The Balaban J connectivity index is 1.28. The first-order valence-corrected chi connectivity index (χ1v) is 12.0. The van der Waals surface area contributed by atoms with Gasteiger partial charge < -0.3 is 19.1 Å². The van der Waals surface area contributed by atoms with Gasteiger partial charge in [0.1, 0.15) is 6.61 Å². The second-order valence-electron chi connectivity index (χ2n) is 7.52. The molecule has 0 atom stereocenters. The summed E-state index contributed by atoms with van der Waals surface area (Å²) >= 11 is 7.45. The first-order chi connectivity index (χ1) is 16.6. The summed E-state index contributed by atoms with van der Waals surface area (Å²) < 4.78 is 16.7. The van der Waals surface area contributed by atoms with Crippen LogP contribution in [-0.2, 0) is 22.6 Å². The molecule has 0 bridgehead atoms. The zero-order chi connectivity index (χ0) is 23.8. The lowest BCUT2D eigenvalue weighted by Gasteiger charge is -2.26. The van der Waals surface area contributed by atoms with E-state index in [1.165, 1.54) is 11.3 Å². The van der Waals surface area contributed by atoms with Gasteiger partial charge in [0, 0.05) is 23.5 Å². The molecule has 1 aromatic heterocycles. The van der Waals surface area contributed by atoms with E-state index >= 15 is 0 Å². The molecule has 2 aromatic carbocycles. The number of aromatic nitrogens is 1. The maximum Gasteiger partial charge on any atom is 0.246 e. The van der Waals surface area contributed by atoms with Crippen LogP contribution in [-0.4, -0.2) is 50.5 Å². The Bertz CT molecular complexity index is 1130. The topological polar surface area (TPSA) is 85.3 Å². The normalized spacial score (nSPS) is 13.8. The molecule has 1 amide bonds. The Morgan fingerprint density at radius 3 is 2.79 bits per heavy atom. The molecule has 0 aliphatic carbocycles. The third-order valence-electron chi connectivity index (χ3n) is 5.06. The minimum atomic E-state index is -0.232. The molecule has 1 aliphatic heterocycles. The van der Waals surface area contributed by atoms with Crippen LogP contribution in [0.4, 0.5) is 5.13 Å². The number of nitrogens with zero attached hydrogens (tertiary/aromatic N) is 3. The molecule has 0 unspecified atom stereocenters. The number of thiazole rings is 1. The number of carbonyl (C=O) groups excluding carboxylic acids is 1. The highest BCUT2D eigenvalue weighted by atomic mass is 35.5. The van der Waals surface area contributed by atoms with Crippen molar-refractivity contribution in [1.82, 2.24) is 10.4 Å². The summed E-state index contributed by atoms with van der Waals surface area (Å²) in [6.45, 7) is 3.42. The fraction of sp³-hybridized carbons (Fsp3) is 0.292. The Morgan fingerprint density at radius 1 is 1.24 bits per heavy atom. The highest BCUT2D eigenvalue weighted by Crippen LogP contribution is 2.28. The lowest BCUT2D eigenvalue weighted by atomic mass is 10.2. The van der Waals surface area contributed by atoms with Crippen LogP contribution in [0.15, 0.2) is 52.9 Å². The van der Waals surface area contributed by atoms with E-state index in [-0.39, 0.29) is 12.3 Å². The fourth-order valence-electron chi connectivity index (χ4n) is 3.29. The number of carbonyl (C=O) groups is 1. The van der Waals surface area contributed by atoms with Crippen molar-refractivity contribution in [3.8, 4) is 11.5 Å². The molecule has 0 saturated carbocycles. The van der Waals surface area contributed by atoms with Crippen molar-refractivity contribution in [3.63, 3.8) is 0 Å². The number of benzene rings is 2. The van der Waals surface area contributed by atoms with Gasteiger partial charge in [-0.05, 0) is 41.5 Å². The summed E-state index contributed by atoms with van der Waals surface area (Å²) in [7, 11) is 1.58. The number of hydrogen-bond donors (Lipinski definition) is 1. The minimum absolute atomic E-state index is 0.166. The van der Waals surface area contributed by atoms with Crippen LogP contribution < -0.4 is 19.8 Å². The number of nitrogens with one attached hydrogen (secondary N) is 1. The van der Waals surface area contributed by atoms with Crippen molar-refractivity contribution in [2.75, 3.05) is 38.3 Å². The average molecular weight is 501 g/mol. The molecule has 10 heteroatoms. The van der Waals surface area contributed by atoms with Crippen LogP contribution in [0, 0.1) is 0 Å². The predicted octanol–water partition coefficient (Wildman–Crippen LogP) is 3.91. The number of halogens is 1. The van der Waals surface area contributed by atoms with Crippen LogP contribution in [0.1, 0.15) is 16.8 Å². The summed E-state index contributed by atoms with van der Waals surface area (Å²) in [5.41, 5.74) is 5.04. The largest absolute Gasteiger partial charge is 0.493 e. The molecule has 3 aromatic rings. The van der Waals surface area contributed by atoms with Gasteiger partial charge >= 0.3 is 0 Å². The molecular weight excluding hydrogens is 476 g/mol. The highest BCUT2D eigenvalue weighted by Gasteiger charge is 2.15. The SMILES string of the molecule is COc1cc(/C=N/NC(=O)Cc2csc(N3CCOCC3)n2)ccc1OCc1ccc(Cl)cc1. The number of ether oxygens (including phenoxy) is 3. The molecule has 2 heterocycles. The van der Waals surface area contributed by atoms with Crippen molar-refractivity contribution >= 4 is 40.2 Å². The summed E-state index contributed by atoms with van der Waals surface area (Å²) in [6, 6.07) is 12.9. The molecular formula is C24H25ClN4O4S. The molecule has 34 heavy (non-hydrogen) atoms. The Labute approximate surface area is 207 Å². The summed E-state index contributed by atoms with van der Waals surface area (Å²) in [5.74, 6) is 0.950. The van der Waals surface area contributed by atoms with Gasteiger partial charge in [-0.25, -0.2) is 10.4 Å². The van der Waals surface area contributed by atoms with E-state index in [9.17, 15) is 4.79 Å². The maximum absolute atomic E-state index is 12.3. The van der Waals surface area contributed by atoms with Crippen LogP contribution in [0.2, 0.25) is 5.02 Å². The second-order valence-corrected chi connectivity index (χ2v) is 8.79. The van der Waals surface area contributed by atoms with Gasteiger partial charge in [0.05, 0.1) is 38.7 Å². The predicted molar refractivity (Wildman–Crippen MR) is 133 cm³/mol. The van der Waals surface area contributed by atoms with Gasteiger partial charge in [0.15, 0.2) is 16.6 Å². The minimum Gasteiger partial charge on any atom is -0.493 e. The van der Waals surface area contributed by atoms with E-state index in [2.05, 4.69) is 20.4 Å². The monoisotopic (exact) mass is 500 g/mol. The lowest BCUT2D eigenvalue weighted by Crippen LogP contribution is -2.36. The van der Waals surface area contributed by atoms with E-state index < -0.39 is 0 Å². The smallest absolute Gasteiger partial charge is 0.246 e. The van der Waals surface area contributed by atoms with Crippen LogP contribution in [0.5, 0.6) is 11.5 Å². The molecule has 1 aliphatic rings. The van der Waals surface area contributed by atoms with E-state index in [0.29, 0.717) is 36.3 Å². The van der Waals surface area contributed by atoms with Gasteiger partial charge in [0.25, 0.3) is 0 Å². The Morgan fingerprint density at radius 2 is 2.03 bits per heavy atom. The third kappa shape index (κ3) is 6.69. The number of hydrazone groups is 1. The van der Waals surface area contributed by atoms with Crippen molar-refractivity contribution in [2.24, 2.45) is 5.10 Å². The first kappa shape index (κ1) is 24.0. The van der Waals surface area contributed by atoms with Gasteiger partial charge in [0.2, 0.25) is 5.91 Å². The number of methoxy groups -OCH3 is 1. The molecule has 0 spiro atoms. The summed E-state index contributed by atoms with van der Waals surface area (Å²) in [5, 5.41) is 7.56. The standard InChI is InChI=1S/C24H25ClN4O4S/c1-31-22-12-18(4-7-21(22)33-15-17-2-5-19(25)6-3-17)14-26-28-23(30)13-20-16-34-24(27-20)29-8-10-32-11-9-29/h2-7,12,14,16H,8-11,13,15H2,1H3,(H,28,30)/b26-14+. The van der Waals surface area contributed by atoms with Crippen LogP contribution in [0.25, 0.3) is 0 Å². The Hall–Kier alpha value is -3.14. The van der Waals surface area contributed by atoms with Gasteiger partial charge in [-0.2, -0.15) is 5.10 Å². The second kappa shape index (κ2) is 11.8. The van der Waals surface area contributed by atoms with E-state index in [1.54, 1.807) is 25.5 Å². The molecule has 8 nitrogen and oxygen atoms in total. The fourth-order valence-corrected chi connectivity index (χ4v) is 4.29. The van der Waals surface area contributed by atoms with Crippen molar-refractivity contribution < 1.29 is 19.0 Å². The van der Waals surface area contributed by atoms with Gasteiger partial charge in [-0.1, -0.05) is 23.7 Å². The number of amides is 1. The van der Waals surface area contributed by atoms with Gasteiger partial charge in [-0.15, -0.1) is 11.3 Å². The van der Waals surface area contributed by atoms with Crippen molar-refractivity contribution in [1.29, 1.82) is 0 Å². The number of rotatable bonds is 9. The van der Waals surface area contributed by atoms with Crippen LogP contribution in [0.3, 0.4) is 0 Å². The van der Waals surface area contributed by atoms with Crippen molar-refractivity contribution in [2.45, 2.75) is 13.0 Å². The first-order valence-electron chi connectivity index (χ1n) is 10.7. The molecule has 0 radical (unpaired) electrons. The number of morpholine rings is 1. The van der Waals surface area contributed by atoms with Gasteiger partial charge in [-0.3, -0.25) is 4.79 Å². The average Bonchev–Trinajstić information content (AvgIpc) is 3.33. The molecule has 178 valence electrons. The van der Waals surface area contributed by atoms with E-state index in [0.717, 1.165) is 35.0 Å². The quantitative estimate of drug-likeness (QED) is 0.354. The van der Waals surface area contributed by atoms with Crippen LogP contribution >= 0.6 is 22.9 Å². The van der Waals surface area contributed by atoms with Crippen molar-refractivity contribution in [3.05, 3.63) is 69.7 Å².